The standard InChI is InChI=1S/C6H8O13S2/c7-1-2(5-3(8)4(9)6(10)16-5)17-21(14,15)19-18-20(11,12)13/h2,4-5,7,9H,1H2,(H,11,12,13)/t2-,4?,5+/m0/s1. The van der Waals surface area contributed by atoms with E-state index in [0.29, 0.717) is 0 Å². The van der Waals surface area contributed by atoms with Crippen LogP contribution in [0, 0.1) is 0 Å². The van der Waals surface area contributed by atoms with Crippen LogP contribution in [0.15, 0.2) is 0 Å². The van der Waals surface area contributed by atoms with Gasteiger partial charge in [-0.3, -0.25) is 9.35 Å². The maximum atomic E-state index is 11.3. The molecule has 0 saturated carbocycles. The molecule has 3 N–H and O–H groups in total. The molecule has 15 heteroatoms. The van der Waals surface area contributed by atoms with Crippen LogP contribution in [0.25, 0.3) is 0 Å². The predicted octanol–water partition coefficient (Wildman–Crippen LogP) is -3.78. The zero-order valence-electron chi connectivity index (χ0n) is 9.68. The molecule has 13 nitrogen and oxygen atoms in total. The van der Waals surface area contributed by atoms with Crippen molar-refractivity contribution in [3.8, 4) is 0 Å². The number of hydrogen-bond acceptors (Lipinski definition) is 12. The van der Waals surface area contributed by atoms with Gasteiger partial charge < -0.3 is 14.9 Å². The second-order valence-corrected chi connectivity index (χ2v) is 5.59. The lowest BCUT2D eigenvalue weighted by molar-refractivity contribution is -0.152. The highest BCUT2D eigenvalue weighted by atomic mass is 32.3. The molecule has 1 unspecified atom stereocenters. The summed E-state index contributed by atoms with van der Waals surface area (Å²) in [5.41, 5.74) is 0. The van der Waals surface area contributed by atoms with Gasteiger partial charge in [0.15, 0.2) is 6.10 Å². The number of carbonyl (C=O) groups is 2. The van der Waals surface area contributed by atoms with Crippen LogP contribution >= 0.6 is 0 Å². The quantitative estimate of drug-likeness (QED) is 0.133. The van der Waals surface area contributed by atoms with Crippen molar-refractivity contribution >= 4 is 32.6 Å². The molecular formula is C6H8O13S2. The molecule has 1 fully saturated rings. The summed E-state index contributed by atoms with van der Waals surface area (Å²) in [6.07, 6.45) is -6.18. The first-order valence-corrected chi connectivity index (χ1v) is 7.48. The Bertz CT molecular complexity index is 617. The minimum atomic E-state index is -5.28. The molecule has 0 aliphatic carbocycles. The number of carbonyl (C=O) groups excluding carboxylic acids is 2. The third-order valence-corrected chi connectivity index (χ3v) is 3.02. The van der Waals surface area contributed by atoms with Crippen LogP contribution in [0.1, 0.15) is 0 Å². The molecule has 0 spiro atoms. The summed E-state index contributed by atoms with van der Waals surface area (Å²) in [6, 6.07) is 0. The molecule has 1 aliphatic heterocycles. The van der Waals surface area contributed by atoms with E-state index < -0.39 is 57.5 Å². The molecule has 0 bridgehead atoms. The molecule has 0 aromatic carbocycles. The lowest BCUT2D eigenvalue weighted by Crippen LogP contribution is -2.40. The number of esters is 1. The average molecular weight is 352 g/mol. The molecule has 0 aromatic rings. The minimum Gasteiger partial charge on any atom is -0.449 e. The van der Waals surface area contributed by atoms with E-state index >= 15 is 0 Å². The number of Topliss-reactive ketones (excluding diaryl/α,β-unsaturated/α-hetero) is 1. The summed E-state index contributed by atoms with van der Waals surface area (Å²) in [5.74, 6) is -2.68. The Morgan fingerprint density at radius 2 is 1.76 bits per heavy atom. The smallest absolute Gasteiger partial charge is 0.428 e. The SMILES string of the molecule is O=C1O[C@H]([C@H](CO)OS(=O)(=O)OOS(=O)(=O)O)C(=O)C1O. The Labute approximate surface area is 117 Å². The summed E-state index contributed by atoms with van der Waals surface area (Å²) >= 11 is 0. The fourth-order valence-corrected chi connectivity index (χ4v) is 2.24. The predicted molar refractivity (Wildman–Crippen MR) is 55.5 cm³/mol. The number of hydrogen-bond donors (Lipinski definition) is 3. The van der Waals surface area contributed by atoms with E-state index in [1.54, 1.807) is 0 Å². The van der Waals surface area contributed by atoms with Gasteiger partial charge >= 0.3 is 26.8 Å². The van der Waals surface area contributed by atoms with Gasteiger partial charge in [-0.05, 0) is 0 Å². The van der Waals surface area contributed by atoms with Crippen LogP contribution in [0.3, 0.4) is 0 Å². The molecule has 0 radical (unpaired) electrons. The molecule has 0 amide bonds. The fourth-order valence-electron chi connectivity index (χ4n) is 1.19. The van der Waals surface area contributed by atoms with Crippen LogP contribution < -0.4 is 0 Å². The zero-order chi connectivity index (χ0) is 16.4. The monoisotopic (exact) mass is 352 g/mol. The molecule has 122 valence electrons. The normalized spacial score (nSPS) is 24.9. The van der Waals surface area contributed by atoms with Crippen molar-refractivity contribution in [2.24, 2.45) is 0 Å². The average Bonchev–Trinajstić information content (AvgIpc) is 2.61. The number of rotatable bonds is 7. The Morgan fingerprint density at radius 3 is 2.14 bits per heavy atom. The van der Waals surface area contributed by atoms with Gasteiger partial charge in [-0.1, -0.05) is 8.67 Å². The van der Waals surface area contributed by atoms with Crippen molar-refractivity contribution in [3.05, 3.63) is 0 Å². The Kier molecular flexibility index (Phi) is 5.34. The first-order chi connectivity index (χ1) is 9.47. The van der Waals surface area contributed by atoms with Crippen LogP contribution in [0.5, 0.6) is 0 Å². The summed E-state index contributed by atoms with van der Waals surface area (Å²) in [7, 11) is -10.6. The summed E-state index contributed by atoms with van der Waals surface area (Å²) in [4.78, 5) is 22.2. The van der Waals surface area contributed by atoms with Crippen LogP contribution in [-0.2, 0) is 48.0 Å². The van der Waals surface area contributed by atoms with Gasteiger partial charge in [0, 0.05) is 0 Å². The number of ether oxygens (including phenoxy) is 1. The molecular weight excluding hydrogens is 344 g/mol. The van der Waals surface area contributed by atoms with Crippen molar-refractivity contribution in [3.63, 3.8) is 0 Å². The third-order valence-electron chi connectivity index (χ3n) is 1.97. The minimum absolute atomic E-state index is 1.19. The zero-order valence-corrected chi connectivity index (χ0v) is 11.3. The lowest BCUT2D eigenvalue weighted by Gasteiger charge is -2.17. The topological polar surface area (TPSA) is 200 Å². The fraction of sp³-hybridized carbons (Fsp3) is 0.667. The number of aliphatic hydroxyl groups excluding tert-OH is 2. The van der Waals surface area contributed by atoms with Crippen molar-refractivity contribution < 1.29 is 58.8 Å². The molecule has 21 heavy (non-hydrogen) atoms. The summed E-state index contributed by atoms with van der Waals surface area (Å²) in [5, 5.41) is 17.9. The van der Waals surface area contributed by atoms with Gasteiger partial charge in [-0.2, -0.15) is 16.8 Å². The van der Waals surface area contributed by atoms with E-state index in [9.17, 15) is 26.4 Å². The Balaban J connectivity index is 2.79. The molecule has 1 saturated heterocycles. The van der Waals surface area contributed by atoms with Gasteiger partial charge in [0.05, 0.1) is 6.61 Å². The van der Waals surface area contributed by atoms with E-state index in [2.05, 4.69) is 17.6 Å². The van der Waals surface area contributed by atoms with Crippen molar-refractivity contribution in [2.75, 3.05) is 6.61 Å². The highest BCUT2D eigenvalue weighted by molar-refractivity contribution is 7.83. The van der Waals surface area contributed by atoms with Gasteiger partial charge in [0.2, 0.25) is 11.9 Å². The Morgan fingerprint density at radius 1 is 1.19 bits per heavy atom. The van der Waals surface area contributed by atoms with Crippen molar-refractivity contribution in [2.45, 2.75) is 18.3 Å². The van der Waals surface area contributed by atoms with Gasteiger partial charge in [0.25, 0.3) is 0 Å². The molecule has 1 rings (SSSR count). The summed E-state index contributed by atoms with van der Waals surface area (Å²) < 4.78 is 65.1. The van der Waals surface area contributed by atoms with E-state index in [1.807, 2.05) is 0 Å². The highest BCUT2D eigenvalue weighted by Gasteiger charge is 2.48. The van der Waals surface area contributed by atoms with E-state index in [4.69, 9.17) is 14.8 Å². The number of cyclic esters (lactones) is 1. The molecule has 3 atom stereocenters. The number of aliphatic hydroxyl groups is 2. The van der Waals surface area contributed by atoms with Crippen molar-refractivity contribution in [1.29, 1.82) is 0 Å². The largest absolute Gasteiger partial charge is 0.449 e. The molecule has 0 aromatic heterocycles. The maximum absolute atomic E-state index is 11.3. The lowest BCUT2D eigenvalue weighted by atomic mass is 10.1. The number of ketones is 1. The highest BCUT2D eigenvalue weighted by Crippen LogP contribution is 2.18. The first-order valence-electron chi connectivity index (χ1n) is 4.78. The molecule has 1 aliphatic rings. The second kappa shape index (κ2) is 6.28. The summed E-state index contributed by atoms with van der Waals surface area (Å²) in [6.45, 7) is -1.19. The van der Waals surface area contributed by atoms with Gasteiger partial charge in [-0.25, -0.2) is 8.98 Å². The van der Waals surface area contributed by atoms with E-state index in [1.165, 1.54) is 0 Å². The van der Waals surface area contributed by atoms with Crippen LogP contribution in [-0.4, -0.2) is 68.3 Å². The van der Waals surface area contributed by atoms with Crippen molar-refractivity contribution in [1.82, 2.24) is 0 Å². The maximum Gasteiger partial charge on any atom is 0.428 e. The van der Waals surface area contributed by atoms with Gasteiger partial charge in [0.1, 0.15) is 6.10 Å². The van der Waals surface area contributed by atoms with Crippen LogP contribution in [0.2, 0.25) is 0 Å². The molecule has 1 heterocycles. The van der Waals surface area contributed by atoms with E-state index in [-0.39, 0.29) is 0 Å². The van der Waals surface area contributed by atoms with Crippen LogP contribution in [0.4, 0.5) is 0 Å². The van der Waals surface area contributed by atoms with E-state index in [0.717, 1.165) is 0 Å². The van der Waals surface area contributed by atoms with Gasteiger partial charge in [-0.15, -0.1) is 0 Å². The third kappa shape index (κ3) is 4.93. The Hall–Kier alpha value is -1.20. The first kappa shape index (κ1) is 17.9. The second-order valence-electron chi connectivity index (χ2n) is 3.45.